The molecule has 384 valence electrons. The zero-order valence-corrected chi connectivity index (χ0v) is 47.7. The molecule has 0 heterocycles. The molecule has 8 nitrogen and oxygen atoms in total. The predicted molar refractivity (Wildman–Crippen MR) is 298 cm³/mol. The van der Waals surface area contributed by atoms with Crippen LogP contribution >= 0.6 is 47.0 Å². The maximum absolute atomic E-state index is 12.8. The SMILES string of the molecule is CC(C)(C)SC(=O)Oc1ccc(C2(c3ccc(OC(=O)SC(C)(C)C)cc3)CCC(C(C)(C)C3CCC(c4ccc(OC(=O)SC(C)(C)C)cc4)(c4ccc(OC(=O)SC(C)(C)C)cc4)CC3)CC2)cc1. The van der Waals surface area contributed by atoms with Crippen molar-refractivity contribution in [3.8, 4) is 23.0 Å². The van der Waals surface area contributed by atoms with Gasteiger partial charge in [-0.15, -0.1) is 0 Å². The first kappa shape index (κ1) is 56.5. The van der Waals surface area contributed by atoms with Gasteiger partial charge < -0.3 is 18.9 Å². The van der Waals surface area contributed by atoms with Gasteiger partial charge in [-0.3, -0.25) is 0 Å². The average Bonchev–Trinajstić information content (AvgIpc) is 3.25. The van der Waals surface area contributed by atoms with Crippen LogP contribution in [0.2, 0.25) is 0 Å². The number of benzene rings is 4. The zero-order valence-electron chi connectivity index (χ0n) is 44.4. The second kappa shape index (κ2) is 22.3. The highest BCUT2D eigenvalue weighted by Gasteiger charge is 2.48. The lowest BCUT2D eigenvalue weighted by atomic mass is 9.53. The number of thioether (sulfide) groups is 4. The Morgan fingerprint density at radius 3 is 0.704 bits per heavy atom. The molecule has 0 amide bonds. The lowest BCUT2D eigenvalue weighted by Crippen LogP contribution is -2.43. The van der Waals surface area contributed by atoms with Gasteiger partial charge in [0.25, 0.3) is 0 Å². The quantitative estimate of drug-likeness (QED) is 0.141. The van der Waals surface area contributed by atoms with Gasteiger partial charge in [-0.05, 0) is 186 Å². The van der Waals surface area contributed by atoms with E-state index in [1.165, 1.54) is 69.3 Å². The minimum atomic E-state index is -0.324. The number of carbonyl (C=O) groups is 4. The molecule has 0 unspecified atom stereocenters. The van der Waals surface area contributed by atoms with E-state index in [9.17, 15) is 19.2 Å². The molecule has 0 aliphatic heterocycles. The van der Waals surface area contributed by atoms with Crippen molar-refractivity contribution in [1.29, 1.82) is 0 Å². The van der Waals surface area contributed by atoms with Crippen molar-refractivity contribution < 1.29 is 38.1 Å². The Bertz CT molecular complexity index is 2130. The number of hydrogen-bond donors (Lipinski definition) is 0. The van der Waals surface area contributed by atoms with Crippen LogP contribution in [0.5, 0.6) is 23.0 Å². The van der Waals surface area contributed by atoms with Crippen molar-refractivity contribution in [2.75, 3.05) is 0 Å². The molecule has 4 aromatic rings. The molecule has 0 spiro atoms. The van der Waals surface area contributed by atoms with E-state index in [1.807, 2.05) is 132 Å². The minimum Gasteiger partial charge on any atom is -0.418 e. The van der Waals surface area contributed by atoms with Crippen LogP contribution in [0.15, 0.2) is 97.1 Å². The minimum absolute atomic E-state index is 0.0510. The van der Waals surface area contributed by atoms with Crippen molar-refractivity contribution in [2.45, 2.75) is 178 Å². The molecule has 0 bridgehead atoms. The first-order chi connectivity index (χ1) is 32.9. The molecule has 2 aliphatic rings. The summed E-state index contributed by atoms with van der Waals surface area (Å²) in [7, 11) is 0. The molecular weight excluding hydrogens is 965 g/mol. The standard InChI is InChI=1S/C59H76O8S4/c1-53(2,3)68-49(60)64-45-23-15-41(16-24-45)58(42-17-25-46(26-18-42)65-50(61)69-54(4,5)6)35-31-39(32-36-58)57(13,14)40-33-37-59(38-34-40,43-19-27-47(28-20-43)66-51(62)70-55(7,8)9)44-21-29-48(30-22-44)67-52(63)71-56(10,11)12/h15-30,39-40H,31-38H2,1-14H3. The lowest BCUT2D eigenvalue weighted by Gasteiger charge is -2.51. The summed E-state index contributed by atoms with van der Waals surface area (Å²) in [4.78, 5) is 51.0. The Morgan fingerprint density at radius 1 is 0.352 bits per heavy atom. The normalized spacial score (nSPS) is 17.0. The molecule has 6 rings (SSSR count). The molecule has 0 N–H and O–H groups in total. The summed E-state index contributed by atoms with van der Waals surface area (Å²) >= 11 is 4.71. The van der Waals surface area contributed by atoms with Crippen molar-refractivity contribution in [3.05, 3.63) is 119 Å². The van der Waals surface area contributed by atoms with Crippen LogP contribution < -0.4 is 18.9 Å². The fourth-order valence-corrected chi connectivity index (χ4v) is 12.9. The second-order valence-corrected chi connectivity index (χ2v) is 30.9. The van der Waals surface area contributed by atoms with E-state index in [2.05, 4.69) is 62.4 Å². The van der Waals surface area contributed by atoms with Crippen LogP contribution in [0.4, 0.5) is 19.2 Å². The third-order valence-corrected chi connectivity index (χ3v) is 17.2. The fourth-order valence-electron chi connectivity index (χ4n) is 10.4. The predicted octanol–water partition coefficient (Wildman–Crippen LogP) is 18.5. The number of carbonyl (C=O) groups excluding carboxylic acids is 4. The summed E-state index contributed by atoms with van der Waals surface area (Å²) in [6.45, 7) is 28.9. The number of hydrogen-bond acceptors (Lipinski definition) is 12. The molecule has 71 heavy (non-hydrogen) atoms. The molecule has 0 aromatic heterocycles. The molecule has 0 radical (unpaired) electrons. The van der Waals surface area contributed by atoms with E-state index >= 15 is 0 Å². The van der Waals surface area contributed by atoms with Gasteiger partial charge in [0.15, 0.2) is 0 Å². The van der Waals surface area contributed by atoms with Crippen LogP contribution in [0.1, 0.15) is 171 Å². The van der Waals surface area contributed by atoms with Crippen LogP contribution in [-0.2, 0) is 10.8 Å². The van der Waals surface area contributed by atoms with E-state index < -0.39 is 0 Å². The van der Waals surface area contributed by atoms with Gasteiger partial charge in [0, 0.05) is 29.8 Å². The van der Waals surface area contributed by atoms with E-state index in [0.717, 1.165) is 51.4 Å². The maximum atomic E-state index is 12.8. The lowest BCUT2D eigenvalue weighted by molar-refractivity contribution is 0.0364. The van der Waals surface area contributed by atoms with Gasteiger partial charge >= 0.3 is 21.2 Å². The van der Waals surface area contributed by atoms with E-state index in [1.54, 1.807) is 0 Å². The summed E-state index contributed by atoms with van der Waals surface area (Å²) < 4.78 is 22.0. The van der Waals surface area contributed by atoms with Crippen molar-refractivity contribution >= 4 is 68.3 Å². The fraction of sp³-hybridized carbons (Fsp3) is 0.525. The van der Waals surface area contributed by atoms with Gasteiger partial charge in [0.1, 0.15) is 23.0 Å². The average molecular weight is 1040 g/mol. The van der Waals surface area contributed by atoms with Crippen LogP contribution in [-0.4, -0.2) is 40.2 Å². The third-order valence-electron chi connectivity index (χ3n) is 13.8. The van der Waals surface area contributed by atoms with Crippen molar-refractivity contribution in [3.63, 3.8) is 0 Å². The summed E-state index contributed by atoms with van der Waals surface area (Å²) in [5, 5.41) is -1.29. The summed E-state index contributed by atoms with van der Waals surface area (Å²) in [5.41, 5.74) is 4.17. The maximum Gasteiger partial charge on any atom is 0.373 e. The monoisotopic (exact) mass is 1040 g/mol. The Morgan fingerprint density at radius 2 is 0.535 bits per heavy atom. The van der Waals surface area contributed by atoms with E-state index in [-0.39, 0.29) is 56.4 Å². The van der Waals surface area contributed by atoms with Gasteiger partial charge in [-0.2, -0.15) is 0 Å². The highest BCUT2D eigenvalue weighted by molar-refractivity contribution is 8.15. The number of rotatable bonds is 10. The third kappa shape index (κ3) is 15.6. The smallest absolute Gasteiger partial charge is 0.373 e. The second-order valence-electron chi connectivity index (χ2n) is 23.9. The first-order valence-corrected chi connectivity index (χ1v) is 28.3. The Kier molecular flexibility index (Phi) is 17.8. The highest BCUT2D eigenvalue weighted by Crippen LogP contribution is 2.57. The Labute approximate surface area is 441 Å². The largest absolute Gasteiger partial charge is 0.418 e. The summed E-state index contributed by atoms with van der Waals surface area (Å²) in [6, 6.07) is 32.3. The van der Waals surface area contributed by atoms with Crippen LogP contribution in [0, 0.1) is 17.3 Å². The molecule has 12 heteroatoms. The van der Waals surface area contributed by atoms with Gasteiger partial charge in [-0.25, -0.2) is 19.2 Å². The zero-order chi connectivity index (χ0) is 52.2. The molecule has 0 atom stereocenters. The van der Waals surface area contributed by atoms with E-state index in [0.29, 0.717) is 34.8 Å². The molecule has 2 saturated carbocycles. The Balaban J connectivity index is 1.23. The molecule has 0 saturated heterocycles. The van der Waals surface area contributed by atoms with Gasteiger partial charge in [0.05, 0.1) is 0 Å². The van der Waals surface area contributed by atoms with Gasteiger partial charge in [-0.1, -0.05) is 145 Å². The summed E-state index contributed by atoms with van der Waals surface area (Å²) in [6.07, 6.45) is 7.89. The molecule has 4 aromatic carbocycles. The first-order valence-electron chi connectivity index (χ1n) is 25.0. The van der Waals surface area contributed by atoms with Crippen molar-refractivity contribution in [2.24, 2.45) is 17.3 Å². The Hall–Kier alpha value is -3.84. The van der Waals surface area contributed by atoms with Crippen molar-refractivity contribution in [1.82, 2.24) is 0 Å². The summed E-state index contributed by atoms with van der Waals surface area (Å²) in [5.74, 6) is 3.07. The topological polar surface area (TPSA) is 105 Å². The molecule has 2 aliphatic carbocycles. The van der Waals surface area contributed by atoms with E-state index in [4.69, 9.17) is 18.9 Å². The van der Waals surface area contributed by atoms with Crippen LogP contribution in [0.25, 0.3) is 0 Å². The van der Waals surface area contributed by atoms with Gasteiger partial charge in [0.2, 0.25) is 0 Å². The number of ether oxygens (including phenoxy) is 4. The van der Waals surface area contributed by atoms with Crippen LogP contribution in [0.3, 0.4) is 0 Å². The highest BCUT2D eigenvalue weighted by atomic mass is 32.2. The molecule has 2 fully saturated rings. The molecular formula is C59H76O8S4.